The third-order valence-corrected chi connectivity index (χ3v) is 4.33. The molecule has 3 nitrogen and oxygen atoms in total. The molecule has 0 radical (unpaired) electrons. The molecule has 3 unspecified atom stereocenters. The fourth-order valence-corrected chi connectivity index (χ4v) is 2.87. The first-order chi connectivity index (χ1) is 11.1. The van der Waals surface area contributed by atoms with Crippen molar-refractivity contribution in [3.8, 4) is 0 Å². The van der Waals surface area contributed by atoms with Gasteiger partial charge >= 0.3 is 0 Å². The summed E-state index contributed by atoms with van der Waals surface area (Å²) in [4.78, 5) is 12.1. The maximum atomic E-state index is 12.9. The van der Waals surface area contributed by atoms with E-state index >= 15 is 0 Å². The van der Waals surface area contributed by atoms with E-state index in [-0.39, 0.29) is 23.6 Å². The van der Waals surface area contributed by atoms with Crippen molar-refractivity contribution >= 4 is 5.91 Å². The lowest BCUT2D eigenvalue weighted by atomic mass is 10.1. The maximum Gasteiger partial charge on any atom is 0.223 e. The lowest BCUT2D eigenvalue weighted by molar-refractivity contribution is -0.122. The minimum atomic E-state index is -0.566. The van der Waals surface area contributed by atoms with Crippen molar-refractivity contribution in [1.29, 1.82) is 0 Å². The Kier molecular flexibility index (Phi) is 4.72. The van der Waals surface area contributed by atoms with Crippen LogP contribution in [-0.2, 0) is 4.79 Å². The lowest BCUT2D eigenvalue weighted by Crippen LogP contribution is -2.27. The molecule has 2 N–H and O–H groups in total. The second-order valence-corrected chi connectivity index (χ2v) is 6.01. The number of aliphatic hydroxyl groups is 1. The maximum absolute atomic E-state index is 12.9. The predicted octanol–water partition coefficient (Wildman–Crippen LogP) is 3.17. The molecule has 0 spiro atoms. The molecule has 23 heavy (non-hydrogen) atoms. The highest BCUT2D eigenvalue weighted by Crippen LogP contribution is 2.47. The van der Waals surface area contributed by atoms with E-state index in [1.54, 1.807) is 12.1 Å². The molecule has 4 heteroatoms. The zero-order chi connectivity index (χ0) is 16.2. The summed E-state index contributed by atoms with van der Waals surface area (Å²) in [5, 5.41) is 12.9. The van der Waals surface area contributed by atoms with Crippen LogP contribution in [0.25, 0.3) is 0 Å². The molecule has 3 rings (SSSR count). The average molecular weight is 313 g/mol. The molecule has 3 atom stereocenters. The van der Waals surface area contributed by atoms with Crippen molar-refractivity contribution in [3.05, 3.63) is 71.5 Å². The third kappa shape index (κ3) is 3.96. The van der Waals surface area contributed by atoms with Gasteiger partial charge in [-0.2, -0.15) is 0 Å². The predicted molar refractivity (Wildman–Crippen MR) is 86.3 cm³/mol. The Balaban J connectivity index is 1.43. The molecular formula is C19H20FNO2. The van der Waals surface area contributed by atoms with Crippen LogP contribution < -0.4 is 5.32 Å². The summed E-state index contributed by atoms with van der Waals surface area (Å²) in [6, 6.07) is 15.8. The molecule has 0 saturated heterocycles. The van der Waals surface area contributed by atoms with Gasteiger partial charge in [-0.25, -0.2) is 4.39 Å². The Morgan fingerprint density at radius 1 is 1.17 bits per heavy atom. The van der Waals surface area contributed by atoms with E-state index in [0.717, 1.165) is 17.5 Å². The van der Waals surface area contributed by atoms with Crippen LogP contribution in [0.1, 0.15) is 36.0 Å². The minimum absolute atomic E-state index is 0.0135. The molecular weight excluding hydrogens is 293 g/mol. The van der Waals surface area contributed by atoms with E-state index in [1.165, 1.54) is 12.1 Å². The number of benzene rings is 2. The van der Waals surface area contributed by atoms with Crippen molar-refractivity contribution < 1.29 is 14.3 Å². The van der Waals surface area contributed by atoms with Gasteiger partial charge in [0.05, 0.1) is 6.10 Å². The molecule has 1 fully saturated rings. The quantitative estimate of drug-likeness (QED) is 0.860. The monoisotopic (exact) mass is 313 g/mol. The Morgan fingerprint density at radius 3 is 2.57 bits per heavy atom. The molecule has 1 aliphatic rings. The summed E-state index contributed by atoms with van der Waals surface area (Å²) >= 11 is 0. The summed E-state index contributed by atoms with van der Waals surface area (Å²) < 4.78 is 12.9. The molecule has 0 bridgehead atoms. The smallest absolute Gasteiger partial charge is 0.223 e. The average Bonchev–Trinajstić information content (AvgIpc) is 3.37. The van der Waals surface area contributed by atoms with Gasteiger partial charge in [-0.3, -0.25) is 4.79 Å². The summed E-state index contributed by atoms with van der Waals surface area (Å²) in [5.41, 5.74) is 1.87. The number of carbonyl (C=O) groups is 1. The number of carbonyl (C=O) groups excluding carboxylic acids is 1. The number of hydrogen-bond donors (Lipinski definition) is 2. The molecule has 0 heterocycles. The van der Waals surface area contributed by atoms with Crippen molar-refractivity contribution in [1.82, 2.24) is 5.32 Å². The first-order valence-corrected chi connectivity index (χ1v) is 7.91. The van der Waals surface area contributed by atoms with Crippen LogP contribution in [0.3, 0.4) is 0 Å². The van der Waals surface area contributed by atoms with Crippen LogP contribution in [0.5, 0.6) is 0 Å². The molecule has 0 aliphatic heterocycles. The molecule has 2 aromatic carbocycles. The molecule has 2 aromatic rings. The van der Waals surface area contributed by atoms with Gasteiger partial charge in [0.15, 0.2) is 0 Å². The van der Waals surface area contributed by atoms with E-state index in [0.29, 0.717) is 13.0 Å². The summed E-state index contributed by atoms with van der Waals surface area (Å²) in [6.45, 7) is 0.446. The summed E-state index contributed by atoms with van der Waals surface area (Å²) in [5.74, 6) is -0.0890. The zero-order valence-electron chi connectivity index (χ0n) is 12.8. The highest BCUT2D eigenvalue weighted by atomic mass is 19.1. The Labute approximate surface area is 135 Å². The number of rotatable bonds is 6. The fraction of sp³-hybridized carbons (Fsp3) is 0.316. The van der Waals surface area contributed by atoms with E-state index in [9.17, 15) is 14.3 Å². The van der Waals surface area contributed by atoms with Crippen molar-refractivity contribution in [3.63, 3.8) is 0 Å². The number of aliphatic hydroxyl groups excluding tert-OH is 1. The molecule has 1 saturated carbocycles. The number of halogens is 1. The van der Waals surface area contributed by atoms with Crippen molar-refractivity contribution in [2.45, 2.75) is 24.9 Å². The highest BCUT2D eigenvalue weighted by molar-refractivity contribution is 5.82. The first-order valence-electron chi connectivity index (χ1n) is 7.91. The van der Waals surface area contributed by atoms with Crippen LogP contribution >= 0.6 is 0 Å². The van der Waals surface area contributed by atoms with Gasteiger partial charge in [0.2, 0.25) is 5.91 Å². The van der Waals surface area contributed by atoms with Gasteiger partial charge in [-0.15, -0.1) is 0 Å². The van der Waals surface area contributed by atoms with Gasteiger partial charge in [0.1, 0.15) is 5.82 Å². The minimum Gasteiger partial charge on any atom is -0.388 e. The zero-order valence-corrected chi connectivity index (χ0v) is 12.8. The summed E-state index contributed by atoms with van der Waals surface area (Å²) in [7, 11) is 0. The van der Waals surface area contributed by atoms with Crippen LogP contribution in [0, 0.1) is 11.7 Å². The van der Waals surface area contributed by atoms with Gasteiger partial charge < -0.3 is 10.4 Å². The first kappa shape index (κ1) is 15.7. The van der Waals surface area contributed by atoms with Crippen LogP contribution in [-0.4, -0.2) is 17.6 Å². The summed E-state index contributed by atoms with van der Waals surface area (Å²) in [6.07, 6.45) is 0.728. The van der Waals surface area contributed by atoms with E-state index < -0.39 is 6.10 Å². The van der Waals surface area contributed by atoms with Crippen LogP contribution in [0.15, 0.2) is 54.6 Å². The highest BCUT2D eigenvalue weighted by Gasteiger charge is 2.43. The SMILES string of the molecule is O=C(NCCC(O)c1ccccc1)C1CC1c1ccc(F)cc1. The number of nitrogens with one attached hydrogen (secondary N) is 1. The fourth-order valence-electron chi connectivity index (χ4n) is 2.87. The second kappa shape index (κ2) is 6.92. The van der Waals surface area contributed by atoms with Crippen LogP contribution in [0.4, 0.5) is 4.39 Å². The largest absolute Gasteiger partial charge is 0.388 e. The Hall–Kier alpha value is -2.20. The van der Waals surface area contributed by atoms with E-state index in [2.05, 4.69) is 5.32 Å². The molecule has 120 valence electrons. The Bertz CT molecular complexity index is 657. The number of amides is 1. The van der Waals surface area contributed by atoms with Gasteiger partial charge in [0, 0.05) is 12.5 Å². The van der Waals surface area contributed by atoms with Gasteiger partial charge in [-0.05, 0) is 42.0 Å². The molecule has 1 aliphatic carbocycles. The third-order valence-electron chi connectivity index (χ3n) is 4.33. The van der Waals surface area contributed by atoms with Crippen molar-refractivity contribution in [2.24, 2.45) is 5.92 Å². The number of hydrogen-bond acceptors (Lipinski definition) is 2. The normalized spacial score (nSPS) is 20.8. The molecule has 1 amide bonds. The van der Waals surface area contributed by atoms with Crippen LogP contribution in [0.2, 0.25) is 0 Å². The van der Waals surface area contributed by atoms with E-state index in [1.807, 2.05) is 30.3 Å². The topological polar surface area (TPSA) is 49.3 Å². The lowest BCUT2D eigenvalue weighted by Gasteiger charge is -2.11. The second-order valence-electron chi connectivity index (χ2n) is 6.01. The standard InChI is InChI=1S/C19H20FNO2/c20-15-8-6-13(7-9-15)16-12-17(16)19(23)21-11-10-18(22)14-4-2-1-3-5-14/h1-9,16-18,22H,10-12H2,(H,21,23). The van der Waals surface area contributed by atoms with Gasteiger partial charge in [-0.1, -0.05) is 42.5 Å². The Morgan fingerprint density at radius 2 is 1.87 bits per heavy atom. The molecule has 0 aromatic heterocycles. The van der Waals surface area contributed by atoms with E-state index in [4.69, 9.17) is 0 Å². The van der Waals surface area contributed by atoms with Gasteiger partial charge in [0.25, 0.3) is 0 Å². The van der Waals surface area contributed by atoms with Crippen molar-refractivity contribution in [2.75, 3.05) is 6.54 Å².